The fraction of sp³-hybridized carbons (Fsp3) is 0.647. The number of aliphatic hydroxyl groups excluding tert-OH is 1. The number of rotatable bonds is 6. The largest absolute Gasteiger partial charge is 0.396 e. The van der Waals surface area contributed by atoms with Gasteiger partial charge in [-0.3, -0.25) is 9.80 Å². The third kappa shape index (κ3) is 4.73. The van der Waals surface area contributed by atoms with E-state index in [-0.39, 0.29) is 6.61 Å². The number of hydrogen-bond donors (Lipinski definition) is 1. The maximum absolute atomic E-state index is 13.8. The summed E-state index contributed by atoms with van der Waals surface area (Å²) >= 11 is 0. The summed E-state index contributed by atoms with van der Waals surface area (Å²) in [7, 11) is 0. The number of halogens is 2. The zero-order valence-corrected chi connectivity index (χ0v) is 13.4. The lowest BCUT2D eigenvalue weighted by Crippen LogP contribution is -2.53. The molecule has 0 radical (unpaired) electrons. The lowest BCUT2D eigenvalue weighted by atomic mass is 10.1. The predicted molar refractivity (Wildman–Crippen MR) is 83.5 cm³/mol. The number of aliphatic hydroxyl groups is 1. The molecule has 1 aliphatic rings. The molecule has 1 aliphatic heterocycles. The van der Waals surface area contributed by atoms with Crippen LogP contribution in [0.25, 0.3) is 0 Å². The van der Waals surface area contributed by atoms with E-state index in [0.29, 0.717) is 24.1 Å². The van der Waals surface area contributed by atoms with E-state index in [4.69, 9.17) is 0 Å². The van der Waals surface area contributed by atoms with E-state index in [1.165, 1.54) is 12.1 Å². The van der Waals surface area contributed by atoms with Gasteiger partial charge in [-0.2, -0.15) is 0 Å². The minimum absolute atomic E-state index is 0.165. The highest BCUT2D eigenvalue weighted by molar-refractivity contribution is 5.18. The minimum atomic E-state index is -0.541. The van der Waals surface area contributed by atoms with Gasteiger partial charge in [-0.15, -0.1) is 0 Å². The maximum Gasteiger partial charge on any atom is 0.130 e. The lowest BCUT2D eigenvalue weighted by Gasteiger charge is -2.42. The van der Waals surface area contributed by atoms with Crippen molar-refractivity contribution in [1.82, 2.24) is 9.80 Å². The van der Waals surface area contributed by atoms with E-state index in [1.807, 2.05) is 0 Å². The summed E-state index contributed by atoms with van der Waals surface area (Å²) in [6, 6.07) is 4.06. The third-order valence-corrected chi connectivity index (χ3v) is 4.16. The summed E-state index contributed by atoms with van der Waals surface area (Å²) in [6.07, 6.45) is 0.731. The summed E-state index contributed by atoms with van der Waals surface area (Å²) in [4.78, 5) is 4.60. The monoisotopic (exact) mass is 312 g/mol. The topological polar surface area (TPSA) is 26.7 Å². The Balaban J connectivity index is 1.99. The van der Waals surface area contributed by atoms with Gasteiger partial charge in [0, 0.05) is 57.0 Å². The van der Waals surface area contributed by atoms with Crippen LogP contribution in [0.4, 0.5) is 8.78 Å². The molecule has 1 fully saturated rings. The molecule has 0 spiro atoms. The average molecular weight is 312 g/mol. The van der Waals surface area contributed by atoms with Crippen LogP contribution in [0, 0.1) is 17.6 Å². The van der Waals surface area contributed by atoms with Gasteiger partial charge in [-0.05, 0) is 18.4 Å². The number of nitrogens with zero attached hydrogens (tertiary/aromatic N) is 2. The fourth-order valence-corrected chi connectivity index (χ4v) is 3.12. The van der Waals surface area contributed by atoms with E-state index in [1.54, 1.807) is 0 Å². The Kier molecular flexibility index (Phi) is 6.29. The van der Waals surface area contributed by atoms with Crippen LogP contribution >= 0.6 is 0 Å². The Morgan fingerprint density at radius 2 is 2.05 bits per heavy atom. The summed E-state index contributed by atoms with van der Waals surface area (Å²) < 4.78 is 26.8. The van der Waals surface area contributed by atoms with Gasteiger partial charge in [-0.25, -0.2) is 8.78 Å². The highest BCUT2D eigenvalue weighted by Gasteiger charge is 2.27. The molecule has 5 heteroatoms. The van der Waals surface area contributed by atoms with Crippen LogP contribution in [0.1, 0.15) is 25.8 Å². The second kappa shape index (κ2) is 7.99. The molecule has 0 bridgehead atoms. The summed E-state index contributed by atoms with van der Waals surface area (Å²) in [6.45, 7) is 8.65. The molecule has 22 heavy (non-hydrogen) atoms. The Bertz CT molecular complexity index is 482. The van der Waals surface area contributed by atoms with Gasteiger partial charge in [0.1, 0.15) is 11.6 Å². The van der Waals surface area contributed by atoms with E-state index in [9.17, 15) is 13.9 Å². The van der Waals surface area contributed by atoms with Crippen LogP contribution in [0.5, 0.6) is 0 Å². The van der Waals surface area contributed by atoms with Crippen LogP contribution in [0.3, 0.4) is 0 Å². The zero-order valence-electron chi connectivity index (χ0n) is 13.4. The van der Waals surface area contributed by atoms with Gasteiger partial charge in [-0.1, -0.05) is 19.9 Å². The lowest BCUT2D eigenvalue weighted by molar-refractivity contribution is 0.0472. The number of piperazine rings is 1. The molecule has 1 atom stereocenters. The average Bonchev–Trinajstić information content (AvgIpc) is 2.44. The standard InChI is InChI=1S/C17H26F2N2O/c1-13(2)10-21-7-6-20(12-16(21)5-8-22)11-14-3-4-15(18)9-17(14)19/h3-4,9,13,16,22H,5-8,10-12H2,1-2H3/t16-/m1/s1. The quantitative estimate of drug-likeness (QED) is 0.874. The molecule has 3 nitrogen and oxygen atoms in total. The molecule has 1 aromatic rings. The van der Waals surface area contributed by atoms with E-state index in [2.05, 4.69) is 23.6 Å². The predicted octanol–water partition coefficient (Wildman–Crippen LogP) is 2.49. The van der Waals surface area contributed by atoms with Crippen LogP contribution in [0.15, 0.2) is 18.2 Å². The normalized spacial score (nSPS) is 20.7. The van der Waals surface area contributed by atoms with E-state index in [0.717, 1.165) is 38.7 Å². The number of hydrogen-bond acceptors (Lipinski definition) is 3. The second-order valence-corrected chi connectivity index (χ2v) is 6.53. The molecule has 0 amide bonds. The highest BCUT2D eigenvalue weighted by Crippen LogP contribution is 2.18. The van der Waals surface area contributed by atoms with E-state index >= 15 is 0 Å². The van der Waals surface area contributed by atoms with Crippen molar-refractivity contribution in [2.24, 2.45) is 5.92 Å². The molecule has 124 valence electrons. The Hall–Kier alpha value is -1.04. The van der Waals surface area contributed by atoms with Gasteiger partial charge in [0.15, 0.2) is 0 Å². The first-order valence-electron chi connectivity index (χ1n) is 8.00. The van der Waals surface area contributed by atoms with Crippen LogP contribution in [-0.2, 0) is 6.54 Å². The van der Waals surface area contributed by atoms with Crippen LogP contribution in [-0.4, -0.2) is 53.7 Å². The second-order valence-electron chi connectivity index (χ2n) is 6.53. The molecule has 1 heterocycles. The molecule has 0 saturated carbocycles. The number of benzene rings is 1. The summed E-state index contributed by atoms with van der Waals surface area (Å²) in [5.74, 6) is -0.438. The van der Waals surface area contributed by atoms with Gasteiger partial charge >= 0.3 is 0 Å². The first-order valence-corrected chi connectivity index (χ1v) is 8.00. The minimum Gasteiger partial charge on any atom is -0.396 e. The SMILES string of the molecule is CC(C)CN1CCN(Cc2ccc(F)cc2F)C[C@H]1CCO. The molecule has 0 aliphatic carbocycles. The van der Waals surface area contributed by atoms with E-state index < -0.39 is 11.6 Å². The summed E-state index contributed by atoms with van der Waals surface area (Å²) in [5, 5.41) is 9.27. The van der Waals surface area contributed by atoms with Crippen molar-refractivity contribution in [3.63, 3.8) is 0 Å². The van der Waals surface area contributed by atoms with Crippen molar-refractivity contribution in [2.75, 3.05) is 32.8 Å². The smallest absolute Gasteiger partial charge is 0.130 e. The molecular formula is C17H26F2N2O. The Morgan fingerprint density at radius 1 is 1.27 bits per heavy atom. The van der Waals surface area contributed by atoms with Crippen molar-refractivity contribution in [3.8, 4) is 0 Å². The van der Waals surface area contributed by atoms with Gasteiger partial charge < -0.3 is 5.11 Å². The molecule has 0 aromatic heterocycles. The van der Waals surface area contributed by atoms with Gasteiger partial charge in [0.2, 0.25) is 0 Å². The fourth-order valence-electron chi connectivity index (χ4n) is 3.12. The maximum atomic E-state index is 13.8. The molecule has 1 aromatic carbocycles. The molecular weight excluding hydrogens is 286 g/mol. The van der Waals surface area contributed by atoms with Crippen LogP contribution < -0.4 is 0 Å². The van der Waals surface area contributed by atoms with Crippen molar-refractivity contribution in [1.29, 1.82) is 0 Å². The van der Waals surface area contributed by atoms with Crippen molar-refractivity contribution in [2.45, 2.75) is 32.9 Å². The zero-order chi connectivity index (χ0) is 16.1. The Labute approximate surface area is 131 Å². The van der Waals surface area contributed by atoms with Gasteiger partial charge in [0.05, 0.1) is 0 Å². The summed E-state index contributed by atoms with van der Waals surface area (Å²) in [5.41, 5.74) is 0.529. The third-order valence-electron chi connectivity index (χ3n) is 4.16. The molecule has 1 N–H and O–H groups in total. The van der Waals surface area contributed by atoms with Crippen molar-refractivity contribution in [3.05, 3.63) is 35.4 Å². The Morgan fingerprint density at radius 3 is 2.68 bits per heavy atom. The highest BCUT2D eigenvalue weighted by atomic mass is 19.1. The molecule has 0 unspecified atom stereocenters. The first-order chi connectivity index (χ1) is 10.5. The van der Waals surface area contributed by atoms with Crippen molar-refractivity contribution < 1.29 is 13.9 Å². The molecule has 2 rings (SSSR count). The van der Waals surface area contributed by atoms with Crippen molar-refractivity contribution >= 4 is 0 Å². The first kappa shape index (κ1) is 17.3. The van der Waals surface area contributed by atoms with Crippen LogP contribution in [0.2, 0.25) is 0 Å². The molecule has 1 saturated heterocycles. The van der Waals surface area contributed by atoms with Gasteiger partial charge in [0.25, 0.3) is 0 Å².